The molecule has 2 fully saturated rings. The van der Waals surface area contributed by atoms with E-state index in [4.69, 9.17) is 0 Å². The largest absolute Gasteiger partial charge is 0.300 e. The lowest BCUT2D eigenvalue weighted by molar-refractivity contribution is -0.123. The summed E-state index contributed by atoms with van der Waals surface area (Å²) in [6.07, 6.45) is 16.6. The third-order valence-electron chi connectivity index (χ3n) is 8.85. The monoisotopic (exact) mass is 469 g/mol. The van der Waals surface area contributed by atoms with Crippen LogP contribution in [0.4, 0.5) is 0 Å². The summed E-state index contributed by atoms with van der Waals surface area (Å²) in [7, 11) is 0. The average molecular weight is 470 g/mol. The molecule has 2 aliphatic carbocycles. The molecular weight excluding hydrogens is 426 g/mol. The van der Waals surface area contributed by atoms with Crippen molar-refractivity contribution in [3.63, 3.8) is 0 Å². The van der Waals surface area contributed by atoms with Gasteiger partial charge < -0.3 is 0 Å². The Kier molecular flexibility index (Phi) is 9.19. The standard InChI is InChI=1S/C33H43NO/c1-2-3-4-5-6-7-9-26-12-14-27(15-13-26)28-16-18-29(19-17-28)30-20-22-33(25-34,23-21-30)31-10-8-11-32(35)24-31/h12-19,30-31H,2-11,20-24H2,1H3/t30-,31-,33+/m1/s1. The van der Waals surface area contributed by atoms with E-state index in [1.807, 2.05) is 0 Å². The molecule has 0 heterocycles. The van der Waals surface area contributed by atoms with Crippen LogP contribution >= 0.6 is 0 Å². The van der Waals surface area contributed by atoms with Crippen molar-refractivity contribution >= 4 is 5.78 Å². The zero-order valence-electron chi connectivity index (χ0n) is 21.7. The highest BCUT2D eigenvalue weighted by Crippen LogP contribution is 2.50. The van der Waals surface area contributed by atoms with Gasteiger partial charge in [-0.1, -0.05) is 87.6 Å². The minimum absolute atomic E-state index is 0.274. The summed E-state index contributed by atoms with van der Waals surface area (Å²) in [5, 5.41) is 10.0. The van der Waals surface area contributed by atoms with Crippen molar-refractivity contribution in [2.24, 2.45) is 11.3 Å². The number of ketones is 1. The molecule has 2 aromatic carbocycles. The highest BCUT2D eigenvalue weighted by atomic mass is 16.1. The predicted molar refractivity (Wildman–Crippen MR) is 145 cm³/mol. The van der Waals surface area contributed by atoms with Crippen LogP contribution in [-0.2, 0) is 11.2 Å². The third kappa shape index (κ3) is 6.63. The third-order valence-corrected chi connectivity index (χ3v) is 8.85. The summed E-state index contributed by atoms with van der Waals surface area (Å²) < 4.78 is 0. The Morgan fingerprint density at radius 2 is 1.49 bits per heavy atom. The minimum Gasteiger partial charge on any atom is -0.300 e. The SMILES string of the molecule is CCCCCCCCc1ccc(-c2ccc([C@H]3CC[C@@](C#N)([C@@H]4CCCC(=O)C4)CC3)cc2)cc1. The van der Waals surface area contributed by atoms with Gasteiger partial charge in [0.25, 0.3) is 0 Å². The maximum Gasteiger partial charge on any atom is 0.133 e. The number of carbonyl (C=O) groups excluding carboxylic acids is 1. The number of Topliss-reactive ketones (excluding diaryl/α,β-unsaturated/α-hetero) is 1. The topological polar surface area (TPSA) is 40.9 Å². The number of rotatable bonds is 10. The molecule has 2 heteroatoms. The molecule has 1 atom stereocenters. The maximum atomic E-state index is 12.0. The molecule has 0 aliphatic heterocycles. The normalized spacial score (nSPS) is 24.7. The van der Waals surface area contributed by atoms with Crippen molar-refractivity contribution in [2.75, 3.05) is 0 Å². The molecule has 0 amide bonds. The summed E-state index contributed by atoms with van der Waals surface area (Å²) >= 11 is 0. The molecular formula is C33H43NO. The number of hydrogen-bond donors (Lipinski definition) is 0. The van der Waals surface area contributed by atoms with E-state index >= 15 is 0 Å². The lowest BCUT2D eigenvalue weighted by Gasteiger charge is -2.42. The molecule has 2 aliphatic rings. The van der Waals surface area contributed by atoms with Gasteiger partial charge in [-0.15, -0.1) is 0 Å². The second-order valence-corrected chi connectivity index (χ2v) is 11.2. The fourth-order valence-electron chi connectivity index (χ4n) is 6.49. The summed E-state index contributed by atoms with van der Waals surface area (Å²) in [5.74, 6) is 1.18. The first-order valence-corrected chi connectivity index (χ1v) is 14.3. The van der Waals surface area contributed by atoms with E-state index in [-0.39, 0.29) is 11.3 Å². The highest BCUT2D eigenvalue weighted by Gasteiger charge is 2.43. The summed E-state index contributed by atoms with van der Waals surface area (Å²) in [6, 6.07) is 21.0. The molecule has 0 spiro atoms. The van der Waals surface area contributed by atoms with Gasteiger partial charge in [-0.05, 0) is 85.5 Å². The Bertz CT molecular complexity index is 973. The van der Waals surface area contributed by atoms with Crippen LogP contribution in [0.3, 0.4) is 0 Å². The number of nitriles is 1. The Morgan fingerprint density at radius 3 is 2.11 bits per heavy atom. The fraction of sp³-hybridized carbons (Fsp3) is 0.576. The zero-order valence-corrected chi connectivity index (χ0v) is 21.7. The van der Waals surface area contributed by atoms with Gasteiger partial charge in [0.2, 0.25) is 0 Å². The number of hydrogen-bond acceptors (Lipinski definition) is 2. The quantitative estimate of drug-likeness (QED) is 0.325. The van der Waals surface area contributed by atoms with Gasteiger partial charge in [0.15, 0.2) is 0 Å². The van der Waals surface area contributed by atoms with Crippen molar-refractivity contribution in [1.82, 2.24) is 0 Å². The molecule has 4 rings (SSSR count). The average Bonchev–Trinajstić information content (AvgIpc) is 2.91. The van der Waals surface area contributed by atoms with E-state index in [1.165, 1.54) is 67.2 Å². The van der Waals surface area contributed by atoms with Gasteiger partial charge in [0.05, 0.1) is 11.5 Å². The predicted octanol–water partition coefficient (Wildman–Crippen LogP) is 9.18. The van der Waals surface area contributed by atoms with E-state index in [9.17, 15) is 10.1 Å². The Balaban J connectivity index is 1.29. The second-order valence-electron chi connectivity index (χ2n) is 11.2. The van der Waals surface area contributed by atoms with Gasteiger partial charge in [-0.2, -0.15) is 5.26 Å². The van der Waals surface area contributed by atoms with Crippen molar-refractivity contribution in [2.45, 2.75) is 109 Å². The van der Waals surface area contributed by atoms with Crippen LogP contribution in [0.2, 0.25) is 0 Å². The summed E-state index contributed by atoms with van der Waals surface area (Å²) in [6.45, 7) is 2.27. The van der Waals surface area contributed by atoms with Gasteiger partial charge in [0.1, 0.15) is 5.78 Å². The molecule has 186 valence electrons. The summed E-state index contributed by atoms with van der Waals surface area (Å²) in [5.41, 5.74) is 5.15. The van der Waals surface area contributed by atoms with E-state index in [2.05, 4.69) is 61.5 Å². The smallest absolute Gasteiger partial charge is 0.133 e. The fourth-order valence-corrected chi connectivity index (χ4v) is 6.49. The molecule has 2 aromatic rings. The highest BCUT2D eigenvalue weighted by molar-refractivity contribution is 5.79. The van der Waals surface area contributed by atoms with E-state index in [1.54, 1.807) is 0 Å². The van der Waals surface area contributed by atoms with Crippen LogP contribution in [0.15, 0.2) is 48.5 Å². The first kappa shape index (κ1) is 25.7. The van der Waals surface area contributed by atoms with Crippen LogP contribution in [0, 0.1) is 22.7 Å². The summed E-state index contributed by atoms with van der Waals surface area (Å²) in [4.78, 5) is 12.0. The first-order chi connectivity index (χ1) is 17.1. The Morgan fingerprint density at radius 1 is 0.857 bits per heavy atom. The lowest BCUT2D eigenvalue weighted by Crippen LogP contribution is -2.36. The first-order valence-electron chi connectivity index (χ1n) is 14.3. The number of benzene rings is 2. The zero-order chi connectivity index (χ0) is 24.5. The molecule has 2 nitrogen and oxygen atoms in total. The van der Waals surface area contributed by atoms with Crippen LogP contribution in [0.5, 0.6) is 0 Å². The molecule has 2 saturated carbocycles. The molecule has 0 radical (unpaired) electrons. The van der Waals surface area contributed by atoms with Gasteiger partial charge in [-0.3, -0.25) is 4.79 Å². The van der Waals surface area contributed by atoms with E-state index in [0.717, 1.165) is 44.9 Å². The van der Waals surface area contributed by atoms with Crippen molar-refractivity contribution in [1.29, 1.82) is 5.26 Å². The van der Waals surface area contributed by atoms with Crippen LogP contribution in [0.25, 0.3) is 11.1 Å². The lowest BCUT2D eigenvalue weighted by atomic mass is 9.60. The van der Waals surface area contributed by atoms with E-state index < -0.39 is 0 Å². The van der Waals surface area contributed by atoms with Gasteiger partial charge >= 0.3 is 0 Å². The number of carbonyl (C=O) groups is 1. The molecule has 0 bridgehead atoms. The molecule has 0 saturated heterocycles. The van der Waals surface area contributed by atoms with Gasteiger partial charge in [-0.25, -0.2) is 0 Å². The molecule has 0 unspecified atom stereocenters. The maximum absolute atomic E-state index is 12.0. The van der Waals surface area contributed by atoms with Crippen molar-refractivity contribution in [3.05, 3.63) is 59.7 Å². The Labute approximate surface area is 213 Å². The van der Waals surface area contributed by atoms with Gasteiger partial charge in [0, 0.05) is 12.8 Å². The molecule has 0 aromatic heterocycles. The second kappa shape index (κ2) is 12.5. The number of aryl methyl sites for hydroxylation is 1. The molecule has 0 N–H and O–H groups in total. The van der Waals surface area contributed by atoms with E-state index in [0.29, 0.717) is 18.1 Å². The Hall–Kier alpha value is -2.40. The van der Waals surface area contributed by atoms with Crippen molar-refractivity contribution in [3.8, 4) is 17.2 Å². The van der Waals surface area contributed by atoms with Crippen molar-refractivity contribution < 1.29 is 4.79 Å². The van der Waals surface area contributed by atoms with Crippen LogP contribution < -0.4 is 0 Å². The number of unbranched alkanes of at least 4 members (excludes halogenated alkanes) is 5. The van der Waals surface area contributed by atoms with Crippen LogP contribution in [0.1, 0.15) is 114 Å². The van der Waals surface area contributed by atoms with Crippen LogP contribution in [-0.4, -0.2) is 5.78 Å². The minimum atomic E-state index is -0.274. The number of nitrogens with zero attached hydrogens (tertiary/aromatic N) is 1. The molecule has 35 heavy (non-hydrogen) atoms.